The molecule has 0 saturated carbocycles. The van der Waals surface area contributed by atoms with Gasteiger partial charge in [0.05, 0.1) is 6.61 Å². The zero-order valence-corrected chi connectivity index (χ0v) is 21.0. The number of nitrogens with zero attached hydrogens (tertiary/aromatic N) is 1. The topological polar surface area (TPSA) is 22.1 Å². The van der Waals surface area contributed by atoms with E-state index in [0.717, 1.165) is 30.2 Å². The molecule has 174 valence electrons. The summed E-state index contributed by atoms with van der Waals surface area (Å²) in [7, 11) is 0. The highest BCUT2D eigenvalue weighted by Crippen LogP contribution is 2.30. The molecule has 0 fully saturated rings. The molecule has 0 saturated heterocycles. The van der Waals surface area contributed by atoms with E-state index in [0.29, 0.717) is 0 Å². The molecule has 0 aliphatic rings. The summed E-state index contributed by atoms with van der Waals surface area (Å²) in [5.41, 5.74) is 1.22. The molecule has 0 spiro atoms. The summed E-state index contributed by atoms with van der Waals surface area (Å²) in [6.07, 6.45) is 19.1. The first-order chi connectivity index (χ1) is 15.8. The molecule has 3 aromatic rings. The van der Waals surface area contributed by atoms with Crippen LogP contribution in [0.4, 0.5) is 0 Å². The second kappa shape index (κ2) is 14.3. The summed E-state index contributed by atoms with van der Waals surface area (Å²) < 4.78 is 6.02. The lowest BCUT2D eigenvalue weighted by molar-refractivity contribution is 0.304. The van der Waals surface area contributed by atoms with Gasteiger partial charge in [-0.2, -0.15) is 0 Å². The Hall–Kier alpha value is -1.87. The van der Waals surface area contributed by atoms with E-state index in [1.807, 2.05) is 11.3 Å². The Kier molecular flexibility index (Phi) is 11.1. The summed E-state index contributed by atoms with van der Waals surface area (Å²) >= 11 is 1.84. The number of aromatic nitrogens is 1. The van der Waals surface area contributed by atoms with Gasteiger partial charge in [0, 0.05) is 16.6 Å². The highest BCUT2D eigenvalue weighted by molar-refractivity contribution is 7.15. The molecule has 0 aliphatic carbocycles. The average molecular weight is 452 g/mol. The number of hydrogen-bond acceptors (Lipinski definition) is 3. The van der Waals surface area contributed by atoms with E-state index in [2.05, 4.69) is 61.4 Å². The van der Waals surface area contributed by atoms with Gasteiger partial charge < -0.3 is 4.74 Å². The number of ether oxygens (including phenoxy) is 1. The Morgan fingerprint density at radius 3 is 2.16 bits per heavy atom. The normalized spacial score (nSPS) is 11.3. The van der Waals surface area contributed by atoms with Crippen LogP contribution >= 0.6 is 11.3 Å². The van der Waals surface area contributed by atoms with Crippen molar-refractivity contribution in [3.05, 3.63) is 47.5 Å². The number of rotatable bonds is 16. The zero-order valence-electron chi connectivity index (χ0n) is 20.2. The molecule has 1 aromatic heterocycles. The Bertz CT molecular complexity index is 916. The number of aryl methyl sites for hydroxylation is 1. The van der Waals surface area contributed by atoms with Gasteiger partial charge in [-0.3, -0.25) is 0 Å². The number of hydrogen-bond donors (Lipinski definition) is 0. The van der Waals surface area contributed by atoms with E-state index < -0.39 is 0 Å². The van der Waals surface area contributed by atoms with Crippen molar-refractivity contribution in [1.82, 2.24) is 4.98 Å². The van der Waals surface area contributed by atoms with Crippen LogP contribution in [0.5, 0.6) is 5.75 Å². The monoisotopic (exact) mass is 451 g/mol. The fraction of sp³-hybridized carbons (Fsp3) is 0.552. The Morgan fingerprint density at radius 2 is 1.38 bits per heavy atom. The predicted molar refractivity (Wildman–Crippen MR) is 141 cm³/mol. The van der Waals surface area contributed by atoms with Crippen molar-refractivity contribution in [3.63, 3.8) is 0 Å². The number of thiazole rings is 1. The fourth-order valence-electron chi connectivity index (χ4n) is 4.16. The van der Waals surface area contributed by atoms with Gasteiger partial charge in [-0.25, -0.2) is 4.98 Å². The van der Waals surface area contributed by atoms with Crippen LogP contribution in [-0.4, -0.2) is 11.6 Å². The summed E-state index contributed by atoms with van der Waals surface area (Å²) in [4.78, 5) is 6.09. The van der Waals surface area contributed by atoms with E-state index in [-0.39, 0.29) is 0 Å². The molecule has 0 radical (unpaired) electrons. The molecular weight excluding hydrogens is 410 g/mol. The van der Waals surface area contributed by atoms with E-state index in [1.165, 1.54) is 91.8 Å². The number of unbranched alkanes of at least 4 members (excludes halogenated alkanes) is 10. The minimum absolute atomic E-state index is 0.818. The van der Waals surface area contributed by atoms with Crippen LogP contribution < -0.4 is 4.74 Å². The lowest BCUT2D eigenvalue weighted by Gasteiger charge is -2.08. The van der Waals surface area contributed by atoms with Gasteiger partial charge in [-0.15, -0.1) is 11.3 Å². The lowest BCUT2D eigenvalue weighted by atomic mass is 10.1. The van der Waals surface area contributed by atoms with Crippen LogP contribution in [0.15, 0.2) is 42.6 Å². The SMILES string of the molecule is CCCCCCCCCCOc1ccc2cc(-c3ncc(CCCCCC)s3)ccc2c1. The maximum absolute atomic E-state index is 6.02. The Balaban J connectivity index is 1.45. The van der Waals surface area contributed by atoms with Crippen molar-refractivity contribution in [3.8, 4) is 16.3 Å². The molecule has 0 amide bonds. The van der Waals surface area contributed by atoms with Gasteiger partial charge >= 0.3 is 0 Å². The smallest absolute Gasteiger partial charge is 0.123 e. The van der Waals surface area contributed by atoms with Gasteiger partial charge in [-0.05, 0) is 48.2 Å². The minimum Gasteiger partial charge on any atom is -0.494 e. The number of benzene rings is 2. The molecule has 2 aromatic carbocycles. The molecular formula is C29H41NOS. The maximum Gasteiger partial charge on any atom is 0.123 e. The van der Waals surface area contributed by atoms with Crippen molar-refractivity contribution in [1.29, 1.82) is 0 Å². The number of fused-ring (bicyclic) bond motifs is 1. The minimum atomic E-state index is 0.818. The van der Waals surface area contributed by atoms with Gasteiger partial charge in [-0.1, -0.05) is 96.3 Å². The molecule has 0 atom stereocenters. The van der Waals surface area contributed by atoms with Gasteiger partial charge in [0.15, 0.2) is 0 Å². The van der Waals surface area contributed by atoms with E-state index in [1.54, 1.807) is 0 Å². The first-order valence-corrected chi connectivity index (χ1v) is 13.7. The van der Waals surface area contributed by atoms with Crippen LogP contribution in [-0.2, 0) is 6.42 Å². The first-order valence-electron chi connectivity index (χ1n) is 12.9. The summed E-state index contributed by atoms with van der Waals surface area (Å²) in [5, 5.41) is 3.62. The van der Waals surface area contributed by atoms with Crippen molar-refractivity contribution >= 4 is 22.1 Å². The Labute approximate surface area is 199 Å². The maximum atomic E-state index is 6.02. The average Bonchev–Trinajstić information content (AvgIpc) is 3.29. The van der Waals surface area contributed by atoms with Crippen LogP contribution in [0.2, 0.25) is 0 Å². The van der Waals surface area contributed by atoms with Crippen molar-refractivity contribution in [2.75, 3.05) is 6.61 Å². The van der Waals surface area contributed by atoms with Gasteiger partial charge in [0.1, 0.15) is 10.8 Å². The Morgan fingerprint density at radius 1 is 0.719 bits per heavy atom. The third-order valence-electron chi connectivity index (χ3n) is 6.16. The van der Waals surface area contributed by atoms with Gasteiger partial charge in [0.2, 0.25) is 0 Å². The second-order valence-corrected chi connectivity index (χ2v) is 10.1. The summed E-state index contributed by atoms with van der Waals surface area (Å²) in [6.45, 7) is 5.35. The van der Waals surface area contributed by atoms with Crippen LogP contribution in [0.1, 0.15) is 95.8 Å². The molecule has 0 bridgehead atoms. The third kappa shape index (κ3) is 8.24. The van der Waals surface area contributed by atoms with E-state index in [9.17, 15) is 0 Å². The second-order valence-electron chi connectivity index (χ2n) is 8.99. The highest BCUT2D eigenvalue weighted by Gasteiger charge is 2.07. The van der Waals surface area contributed by atoms with Crippen LogP contribution in [0.3, 0.4) is 0 Å². The van der Waals surface area contributed by atoms with Crippen LogP contribution in [0, 0.1) is 0 Å². The highest BCUT2D eigenvalue weighted by atomic mass is 32.1. The predicted octanol–water partition coefficient (Wildman–Crippen LogP) is 9.61. The first kappa shape index (κ1) is 24.8. The zero-order chi connectivity index (χ0) is 22.4. The van der Waals surface area contributed by atoms with Gasteiger partial charge in [0.25, 0.3) is 0 Å². The van der Waals surface area contributed by atoms with E-state index in [4.69, 9.17) is 4.74 Å². The lowest BCUT2D eigenvalue weighted by Crippen LogP contribution is -1.97. The van der Waals surface area contributed by atoms with Crippen LogP contribution in [0.25, 0.3) is 21.3 Å². The van der Waals surface area contributed by atoms with Crippen molar-refractivity contribution in [2.45, 2.75) is 97.3 Å². The standard InChI is InChI=1S/C29H41NOS/c1-3-5-7-9-10-11-12-14-20-31-27-19-18-24-21-26(17-16-25(24)22-27)29-30-23-28(32-29)15-13-8-6-4-2/h16-19,21-23H,3-15,20H2,1-2H3. The largest absolute Gasteiger partial charge is 0.494 e. The molecule has 32 heavy (non-hydrogen) atoms. The molecule has 0 N–H and O–H groups in total. The third-order valence-corrected chi connectivity index (χ3v) is 7.26. The molecule has 1 heterocycles. The molecule has 0 unspecified atom stereocenters. The molecule has 3 rings (SSSR count). The molecule has 2 nitrogen and oxygen atoms in total. The molecule has 3 heteroatoms. The van der Waals surface area contributed by atoms with Crippen molar-refractivity contribution < 1.29 is 4.74 Å². The fourth-order valence-corrected chi connectivity index (χ4v) is 5.11. The molecule has 0 aliphatic heterocycles. The van der Waals surface area contributed by atoms with Crippen molar-refractivity contribution in [2.24, 2.45) is 0 Å². The summed E-state index contributed by atoms with van der Waals surface area (Å²) in [5.74, 6) is 0.983. The quantitative estimate of drug-likeness (QED) is 0.202. The summed E-state index contributed by atoms with van der Waals surface area (Å²) in [6, 6.07) is 13.1. The van der Waals surface area contributed by atoms with E-state index >= 15 is 0 Å².